The molecule has 154 valence electrons. The molecule has 1 aromatic rings. The van der Waals surface area contributed by atoms with E-state index >= 15 is 0 Å². The van der Waals surface area contributed by atoms with Gasteiger partial charge >= 0.3 is 0 Å². The number of rotatable bonds is 11. The third kappa shape index (κ3) is 8.22. The first kappa shape index (κ1) is 22.2. The first-order valence-electron chi connectivity index (χ1n) is 10.5. The molecule has 5 heteroatoms. The van der Waals surface area contributed by atoms with Crippen LogP contribution in [0, 0.1) is 17.6 Å². The molecule has 0 amide bonds. The molecule has 0 spiro atoms. The Morgan fingerprint density at radius 2 is 1.96 bits per heavy atom. The fourth-order valence-electron chi connectivity index (χ4n) is 3.74. The zero-order chi connectivity index (χ0) is 19.5. The largest absolute Gasteiger partial charge is 0.374 e. The molecule has 0 aromatic heterocycles. The van der Waals surface area contributed by atoms with Gasteiger partial charge in [-0.2, -0.15) is 0 Å². The van der Waals surface area contributed by atoms with E-state index in [0.29, 0.717) is 24.3 Å². The van der Waals surface area contributed by atoms with E-state index in [1.807, 2.05) is 6.92 Å². The Balaban J connectivity index is 1.62. The molecule has 1 fully saturated rings. The van der Waals surface area contributed by atoms with Gasteiger partial charge in [0.05, 0.1) is 13.2 Å². The minimum atomic E-state index is -1.08. The van der Waals surface area contributed by atoms with Gasteiger partial charge in [0.25, 0.3) is 0 Å². The Labute approximate surface area is 161 Å². The number of aryl methyl sites for hydroxylation is 1. The molecule has 1 aliphatic rings. The van der Waals surface area contributed by atoms with Crippen LogP contribution in [0.2, 0.25) is 0 Å². The van der Waals surface area contributed by atoms with Crippen molar-refractivity contribution in [3.8, 4) is 0 Å². The van der Waals surface area contributed by atoms with Gasteiger partial charge in [-0.1, -0.05) is 32.6 Å². The summed E-state index contributed by atoms with van der Waals surface area (Å²) in [7, 11) is 0. The van der Waals surface area contributed by atoms with Crippen LogP contribution in [-0.4, -0.2) is 25.9 Å². The maximum Gasteiger partial charge on any atom is 0.131 e. The quantitative estimate of drug-likeness (QED) is 0.492. The average molecular weight is 386 g/mol. The number of alkyl halides is 1. The lowest BCUT2D eigenvalue weighted by molar-refractivity contribution is 0.0622. The second kappa shape index (κ2) is 12.4. The van der Waals surface area contributed by atoms with Gasteiger partial charge < -0.3 is 10.1 Å². The number of halogens is 3. The van der Waals surface area contributed by atoms with Crippen LogP contribution in [0.5, 0.6) is 0 Å². The SMILES string of the molecule is CCCc1cc(F)c(COCC(F)CCCCC2CCCCNC2)c(F)c1. The number of ether oxygens (including phenoxy) is 1. The molecule has 2 atom stereocenters. The summed E-state index contributed by atoms with van der Waals surface area (Å²) in [6.07, 6.45) is 7.62. The minimum Gasteiger partial charge on any atom is -0.374 e. The van der Waals surface area contributed by atoms with E-state index in [2.05, 4.69) is 5.32 Å². The lowest BCUT2D eigenvalue weighted by atomic mass is 9.96. The highest BCUT2D eigenvalue weighted by atomic mass is 19.1. The Kier molecular flexibility index (Phi) is 10.2. The third-order valence-corrected chi connectivity index (χ3v) is 5.31. The fourth-order valence-corrected chi connectivity index (χ4v) is 3.74. The second-order valence-corrected chi connectivity index (χ2v) is 7.75. The van der Waals surface area contributed by atoms with E-state index in [-0.39, 0.29) is 18.8 Å². The average Bonchev–Trinajstić information content (AvgIpc) is 2.90. The summed E-state index contributed by atoms with van der Waals surface area (Å²) in [6.45, 7) is 3.82. The topological polar surface area (TPSA) is 21.3 Å². The van der Waals surface area contributed by atoms with E-state index in [0.717, 1.165) is 38.8 Å². The van der Waals surface area contributed by atoms with Crippen molar-refractivity contribution in [1.29, 1.82) is 0 Å². The number of unbranched alkanes of at least 4 members (excludes halogenated alkanes) is 1. The summed E-state index contributed by atoms with van der Waals surface area (Å²) in [5, 5.41) is 3.45. The molecule has 1 saturated heterocycles. The Bertz CT molecular complexity index is 521. The maximum atomic E-state index is 14.0. The van der Waals surface area contributed by atoms with Gasteiger partial charge in [0.2, 0.25) is 0 Å². The van der Waals surface area contributed by atoms with Crippen LogP contribution in [0.15, 0.2) is 12.1 Å². The number of hydrogen-bond donors (Lipinski definition) is 1. The molecule has 1 aromatic carbocycles. The van der Waals surface area contributed by atoms with Crippen molar-refractivity contribution in [1.82, 2.24) is 5.32 Å². The van der Waals surface area contributed by atoms with Gasteiger partial charge in [0.15, 0.2) is 0 Å². The zero-order valence-corrected chi connectivity index (χ0v) is 16.5. The van der Waals surface area contributed by atoms with Crippen LogP contribution in [0.25, 0.3) is 0 Å². The van der Waals surface area contributed by atoms with E-state index in [9.17, 15) is 13.2 Å². The molecule has 0 aliphatic carbocycles. The molecule has 1 N–H and O–H groups in total. The van der Waals surface area contributed by atoms with E-state index in [4.69, 9.17) is 4.74 Å². The first-order valence-corrected chi connectivity index (χ1v) is 10.5. The van der Waals surface area contributed by atoms with Crippen LogP contribution >= 0.6 is 0 Å². The second-order valence-electron chi connectivity index (χ2n) is 7.75. The summed E-state index contributed by atoms with van der Waals surface area (Å²) in [5.41, 5.74) is 0.534. The fraction of sp³-hybridized carbons (Fsp3) is 0.727. The molecule has 27 heavy (non-hydrogen) atoms. The van der Waals surface area contributed by atoms with Crippen molar-refractivity contribution >= 4 is 0 Å². The Morgan fingerprint density at radius 3 is 2.70 bits per heavy atom. The molecule has 2 unspecified atom stereocenters. The molecule has 1 heterocycles. The number of nitrogens with one attached hydrogen (secondary N) is 1. The zero-order valence-electron chi connectivity index (χ0n) is 16.5. The number of hydrogen-bond acceptors (Lipinski definition) is 2. The van der Waals surface area contributed by atoms with E-state index in [1.165, 1.54) is 31.4 Å². The standard InChI is InChI=1S/C22H34F3NO/c1-2-7-18-12-21(24)20(22(25)13-18)16-27-15-19(23)10-4-3-8-17-9-5-6-11-26-14-17/h12-13,17,19,26H,2-11,14-16H2,1H3. The van der Waals surface area contributed by atoms with Crippen LogP contribution in [0.3, 0.4) is 0 Å². The molecule has 0 radical (unpaired) electrons. The summed E-state index contributed by atoms with van der Waals surface area (Å²) in [5.74, 6) is -0.500. The maximum absolute atomic E-state index is 14.0. The molecule has 1 aliphatic heterocycles. The van der Waals surface area contributed by atoms with Crippen molar-refractivity contribution in [2.45, 2.75) is 77.5 Å². The van der Waals surface area contributed by atoms with Crippen molar-refractivity contribution in [2.24, 2.45) is 5.92 Å². The monoisotopic (exact) mass is 385 g/mol. The van der Waals surface area contributed by atoms with Crippen molar-refractivity contribution in [2.75, 3.05) is 19.7 Å². The van der Waals surface area contributed by atoms with Crippen molar-refractivity contribution in [3.63, 3.8) is 0 Å². The van der Waals surface area contributed by atoms with Gasteiger partial charge in [-0.15, -0.1) is 0 Å². The molecule has 0 bridgehead atoms. The summed E-state index contributed by atoms with van der Waals surface area (Å²) in [6, 6.07) is 2.70. The van der Waals surface area contributed by atoms with Crippen molar-refractivity contribution in [3.05, 3.63) is 34.9 Å². The van der Waals surface area contributed by atoms with Gasteiger partial charge in [-0.25, -0.2) is 13.2 Å². The van der Waals surface area contributed by atoms with Crippen LogP contribution in [0.4, 0.5) is 13.2 Å². The Hall–Kier alpha value is -1.07. The highest BCUT2D eigenvalue weighted by molar-refractivity contribution is 5.26. The third-order valence-electron chi connectivity index (χ3n) is 5.31. The highest BCUT2D eigenvalue weighted by Gasteiger charge is 2.14. The predicted octanol–water partition coefficient (Wildman–Crippen LogP) is 5.72. The molecular weight excluding hydrogens is 351 g/mol. The Morgan fingerprint density at radius 1 is 1.19 bits per heavy atom. The van der Waals surface area contributed by atoms with Crippen LogP contribution in [-0.2, 0) is 17.8 Å². The van der Waals surface area contributed by atoms with Gasteiger partial charge in [-0.05, 0) is 68.8 Å². The van der Waals surface area contributed by atoms with Gasteiger partial charge in [0, 0.05) is 5.56 Å². The normalized spacial score (nSPS) is 19.0. The summed E-state index contributed by atoms with van der Waals surface area (Å²) >= 11 is 0. The van der Waals surface area contributed by atoms with Crippen LogP contribution < -0.4 is 5.32 Å². The van der Waals surface area contributed by atoms with Crippen molar-refractivity contribution < 1.29 is 17.9 Å². The minimum absolute atomic E-state index is 0.108. The van der Waals surface area contributed by atoms with Gasteiger partial charge in [0.1, 0.15) is 17.8 Å². The summed E-state index contributed by atoms with van der Waals surface area (Å²) < 4.78 is 47.2. The first-order chi connectivity index (χ1) is 13.1. The summed E-state index contributed by atoms with van der Waals surface area (Å²) in [4.78, 5) is 0. The van der Waals surface area contributed by atoms with Gasteiger partial charge in [-0.3, -0.25) is 0 Å². The predicted molar refractivity (Wildman–Crippen MR) is 104 cm³/mol. The molecule has 0 saturated carbocycles. The lowest BCUT2D eigenvalue weighted by Gasteiger charge is -2.14. The van der Waals surface area contributed by atoms with Crippen LogP contribution in [0.1, 0.15) is 69.4 Å². The van der Waals surface area contributed by atoms with E-state index < -0.39 is 17.8 Å². The highest BCUT2D eigenvalue weighted by Crippen LogP contribution is 2.20. The smallest absolute Gasteiger partial charge is 0.131 e. The molecule has 2 nitrogen and oxygen atoms in total. The molecule has 2 rings (SSSR count). The van der Waals surface area contributed by atoms with E-state index in [1.54, 1.807) is 0 Å². The number of benzene rings is 1. The molecular formula is C22H34F3NO. The lowest BCUT2D eigenvalue weighted by Crippen LogP contribution is -2.20.